The van der Waals surface area contributed by atoms with Crippen molar-refractivity contribution >= 4 is 35.1 Å². The van der Waals surface area contributed by atoms with Gasteiger partial charge in [-0.1, -0.05) is 0 Å². The van der Waals surface area contributed by atoms with E-state index < -0.39 is 17.5 Å². The molecule has 9 nitrogen and oxygen atoms in total. The summed E-state index contributed by atoms with van der Waals surface area (Å²) < 4.78 is 5.34. The molecule has 1 atom stereocenters. The number of carbonyl (C=O) groups excluding carboxylic acids is 4. The van der Waals surface area contributed by atoms with E-state index in [-0.39, 0.29) is 30.9 Å². The number of likely N-dealkylation sites (N-methyl/N-ethyl adjacent to an activating group) is 1. The van der Waals surface area contributed by atoms with E-state index in [0.29, 0.717) is 17.1 Å². The second-order valence-corrected chi connectivity index (χ2v) is 7.27. The number of hydrogen-bond acceptors (Lipinski definition) is 5. The number of carbonyl (C=O) groups is 4. The number of nitrogens with one attached hydrogen (secondary N) is 2. The molecule has 5 amide bonds. The van der Waals surface area contributed by atoms with Crippen molar-refractivity contribution in [3.8, 4) is 5.75 Å². The topological polar surface area (TPSA) is 108 Å². The molecule has 1 saturated carbocycles. The number of nitrogens with zero attached hydrogens (tertiary/aromatic N) is 2. The van der Waals surface area contributed by atoms with E-state index in [0.717, 1.165) is 17.7 Å². The minimum absolute atomic E-state index is 0.0266. The number of rotatable bonds is 4. The molecule has 0 unspecified atom stereocenters. The highest BCUT2D eigenvalue weighted by Gasteiger charge is 2.56. The highest BCUT2D eigenvalue weighted by Crippen LogP contribution is 2.42. The normalized spacial score (nSPS) is 24.4. The van der Waals surface area contributed by atoms with Gasteiger partial charge in [-0.15, -0.1) is 0 Å². The number of amides is 5. The summed E-state index contributed by atoms with van der Waals surface area (Å²) in [7, 11) is 1.63. The molecule has 3 aliphatic rings. The van der Waals surface area contributed by atoms with Crippen molar-refractivity contribution < 1.29 is 23.9 Å². The molecule has 0 aromatic heterocycles. The van der Waals surface area contributed by atoms with Crippen LogP contribution >= 0.6 is 0 Å². The molecule has 142 valence electrons. The Labute approximate surface area is 155 Å². The van der Waals surface area contributed by atoms with Crippen molar-refractivity contribution in [1.29, 1.82) is 0 Å². The summed E-state index contributed by atoms with van der Waals surface area (Å²) in [6.07, 6.45) is 1.79. The molecule has 0 bridgehead atoms. The van der Waals surface area contributed by atoms with Crippen LogP contribution in [-0.4, -0.2) is 54.4 Å². The Morgan fingerprint density at radius 3 is 2.78 bits per heavy atom. The Hall–Kier alpha value is -3.10. The number of ether oxygens (including phenoxy) is 1. The molecule has 2 heterocycles. The van der Waals surface area contributed by atoms with Gasteiger partial charge in [-0.25, -0.2) is 4.79 Å². The zero-order valence-electron chi connectivity index (χ0n) is 15.1. The van der Waals surface area contributed by atoms with Gasteiger partial charge in [0.15, 0.2) is 6.61 Å². The lowest BCUT2D eigenvalue weighted by atomic mass is 9.96. The predicted octanol–water partition coefficient (Wildman–Crippen LogP) is 0.701. The first-order chi connectivity index (χ1) is 12.8. The Kier molecular flexibility index (Phi) is 3.83. The second kappa shape index (κ2) is 5.97. The number of urea groups is 1. The molecular formula is C18H20N4O5. The van der Waals surface area contributed by atoms with Gasteiger partial charge in [0.2, 0.25) is 5.91 Å². The van der Waals surface area contributed by atoms with Crippen LogP contribution < -0.4 is 20.3 Å². The van der Waals surface area contributed by atoms with Crippen LogP contribution in [0, 0.1) is 5.92 Å². The Bertz CT molecular complexity index is 865. The molecule has 2 N–H and O–H groups in total. The largest absolute Gasteiger partial charge is 0.482 e. The first kappa shape index (κ1) is 17.3. The lowest BCUT2D eigenvalue weighted by Gasteiger charge is -2.26. The third kappa shape index (κ3) is 2.88. The van der Waals surface area contributed by atoms with Gasteiger partial charge >= 0.3 is 6.03 Å². The van der Waals surface area contributed by atoms with Gasteiger partial charge in [-0.3, -0.25) is 19.3 Å². The highest BCUT2D eigenvalue weighted by molar-refractivity contribution is 6.10. The minimum atomic E-state index is -0.913. The number of imide groups is 1. The van der Waals surface area contributed by atoms with Crippen molar-refractivity contribution in [1.82, 2.24) is 10.2 Å². The van der Waals surface area contributed by atoms with E-state index in [1.807, 2.05) is 0 Å². The summed E-state index contributed by atoms with van der Waals surface area (Å²) in [6, 6.07) is 4.37. The van der Waals surface area contributed by atoms with Crippen LogP contribution in [0.5, 0.6) is 5.75 Å². The molecule has 0 radical (unpaired) electrons. The monoisotopic (exact) mass is 372 g/mol. The lowest BCUT2D eigenvalue weighted by Crippen LogP contribution is -2.46. The Morgan fingerprint density at radius 2 is 2.07 bits per heavy atom. The summed E-state index contributed by atoms with van der Waals surface area (Å²) in [5, 5.41) is 5.37. The maximum Gasteiger partial charge on any atom is 0.325 e. The summed E-state index contributed by atoms with van der Waals surface area (Å²) in [5.41, 5.74) is 0.0742. The highest BCUT2D eigenvalue weighted by atomic mass is 16.5. The van der Waals surface area contributed by atoms with Crippen molar-refractivity contribution in [2.45, 2.75) is 25.3 Å². The molecule has 9 heteroatoms. The zero-order valence-corrected chi connectivity index (χ0v) is 15.1. The fourth-order valence-electron chi connectivity index (χ4n) is 3.49. The van der Waals surface area contributed by atoms with Crippen molar-refractivity contribution in [2.24, 2.45) is 5.92 Å². The maximum absolute atomic E-state index is 12.6. The van der Waals surface area contributed by atoms with Crippen LogP contribution in [0.25, 0.3) is 0 Å². The van der Waals surface area contributed by atoms with Gasteiger partial charge in [-0.2, -0.15) is 0 Å². The number of anilines is 2. The van der Waals surface area contributed by atoms with Gasteiger partial charge in [0, 0.05) is 12.7 Å². The van der Waals surface area contributed by atoms with Gasteiger partial charge < -0.3 is 20.3 Å². The molecule has 2 aliphatic heterocycles. The van der Waals surface area contributed by atoms with Gasteiger partial charge in [0.25, 0.3) is 11.8 Å². The third-order valence-electron chi connectivity index (χ3n) is 5.33. The molecule has 1 aliphatic carbocycles. The van der Waals surface area contributed by atoms with Crippen molar-refractivity contribution in [3.05, 3.63) is 18.2 Å². The molecular weight excluding hydrogens is 352 g/mol. The molecule has 0 spiro atoms. The SMILES string of the molecule is CN1C(=O)COc2ccc(NC(=O)CN3C(=O)N[C@](C)(C4CC4)C3=O)cc21. The average Bonchev–Trinajstić information content (AvgIpc) is 3.45. The minimum Gasteiger partial charge on any atom is -0.482 e. The predicted molar refractivity (Wildman–Crippen MR) is 95.4 cm³/mol. The smallest absolute Gasteiger partial charge is 0.325 e. The van der Waals surface area contributed by atoms with Crippen LogP contribution in [0.1, 0.15) is 19.8 Å². The molecule has 4 rings (SSSR count). The van der Waals surface area contributed by atoms with Crippen LogP contribution in [0.2, 0.25) is 0 Å². The van der Waals surface area contributed by atoms with Crippen molar-refractivity contribution in [2.75, 3.05) is 30.4 Å². The van der Waals surface area contributed by atoms with E-state index in [1.165, 1.54) is 4.90 Å². The Morgan fingerprint density at radius 1 is 1.33 bits per heavy atom. The Balaban J connectivity index is 1.45. The average molecular weight is 372 g/mol. The van der Waals surface area contributed by atoms with E-state index in [4.69, 9.17) is 4.74 Å². The molecule has 2 fully saturated rings. The summed E-state index contributed by atoms with van der Waals surface area (Å²) in [6.45, 7) is 1.32. The van der Waals surface area contributed by atoms with Crippen LogP contribution in [0.4, 0.5) is 16.2 Å². The number of fused-ring (bicyclic) bond motifs is 1. The zero-order chi connectivity index (χ0) is 19.3. The third-order valence-corrected chi connectivity index (χ3v) is 5.33. The van der Waals surface area contributed by atoms with Crippen molar-refractivity contribution in [3.63, 3.8) is 0 Å². The lowest BCUT2D eigenvalue weighted by molar-refractivity contribution is -0.134. The first-order valence-electron chi connectivity index (χ1n) is 8.77. The van der Waals surface area contributed by atoms with Crippen LogP contribution in [-0.2, 0) is 14.4 Å². The summed E-state index contributed by atoms with van der Waals surface area (Å²) in [5.74, 6) is -0.372. The molecule has 1 saturated heterocycles. The van der Waals surface area contributed by atoms with E-state index in [1.54, 1.807) is 32.2 Å². The van der Waals surface area contributed by atoms with Gasteiger partial charge in [0.05, 0.1) is 5.69 Å². The summed E-state index contributed by atoms with van der Waals surface area (Å²) >= 11 is 0. The van der Waals surface area contributed by atoms with Crippen LogP contribution in [0.15, 0.2) is 18.2 Å². The molecule has 1 aromatic carbocycles. The fraction of sp³-hybridized carbons (Fsp3) is 0.444. The second-order valence-electron chi connectivity index (χ2n) is 7.27. The molecule has 27 heavy (non-hydrogen) atoms. The fourth-order valence-corrected chi connectivity index (χ4v) is 3.49. The maximum atomic E-state index is 12.6. The van der Waals surface area contributed by atoms with Gasteiger partial charge in [-0.05, 0) is 43.9 Å². The van der Waals surface area contributed by atoms with Crippen LogP contribution in [0.3, 0.4) is 0 Å². The first-order valence-corrected chi connectivity index (χ1v) is 8.77. The standard InChI is InChI=1S/C18H20N4O5/c1-18(10-3-4-10)16(25)22(17(26)20-18)8-14(23)19-11-5-6-13-12(7-11)21(2)15(24)9-27-13/h5-7,10H,3-4,8-9H2,1-2H3,(H,19,23)(H,20,26)/t18-/m1/s1. The van der Waals surface area contributed by atoms with Gasteiger partial charge in [0.1, 0.15) is 17.8 Å². The van der Waals surface area contributed by atoms with E-state index in [2.05, 4.69) is 10.6 Å². The van der Waals surface area contributed by atoms with E-state index in [9.17, 15) is 19.2 Å². The quantitative estimate of drug-likeness (QED) is 0.757. The summed E-state index contributed by atoms with van der Waals surface area (Å²) in [4.78, 5) is 51.2. The number of hydrogen-bond donors (Lipinski definition) is 2. The van der Waals surface area contributed by atoms with E-state index >= 15 is 0 Å². The number of benzene rings is 1. The molecule has 1 aromatic rings.